The number of H-pyrrole nitrogens is 1. The molecule has 3 rings (SSSR count). The molecule has 0 aliphatic carbocycles. The first-order valence-electron chi connectivity index (χ1n) is 9.27. The number of amides is 2. The minimum absolute atomic E-state index is 0.00906. The standard InChI is InChI=1S/C19H22N4O5S/c1-28-18(27)12-6-9-23(10-7-12)15(24)5-4-13-11-29-19(21-13)22-17(26)14-3-2-8-20-16(14)25/h2-3,8,11-12H,4-7,9-10H2,1H3,(H,20,25)(H,21,22,26). The third kappa shape index (κ3) is 5.29. The molecule has 1 aliphatic heterocycles. The highest BCUT2D eigenvalue weighted by Gasteiger charge is 2.27. The number of piperidine rings is 1. The van der Waals surface area contributed by atoms with Gasteiger partial charge in [0.05, 0.1) is 18.7 Å². The fraction of sp³-hybridized carbons (Fsp3) is 0.421. The lowest BCUT2D eigenvalue weighted by atomic mass is 9.97. The van der Waals surface area contributed by atoms with Gasteiger partial charge in [0.2, 0.25) is 5.91 Å². The number of methoxy groups -OCH3 is 1. The van der Waals surface area contributed by atoms with Gasteiger partial charge in [0.25, 0.3) is 11.5 Å². The Bertz CT molecular complexity index is 946. The Morgan fingerprint density at radius 3 is 2.79 bits per heavy atom. The van der Waals surface area contributed by atoms with Crippen molar-refractivity contribution < 1.29 is 19.1 Å². The molecule has 154 valence electrons. The minimum atomic E-state index is -0.530. The number of rotatable bonds is 6. The number of ether oxygens (including phenoxy) is 1. The van der Waals surface area contributed by atoms with Crippen LogP contribution in [-0.2, 0) is 20.7 Å². The quantitative estimate of drug-likeness (QED) is 0.685. The van der Waals surface area contributed by atoms with Crippen LogP contribution in [0.3, 0.4) is 0 Å². The lowest BCUT2D eigenvalue weighted by Crippen LogP contribution is -2.40. The molecule has 2 N–H and O–H groups in total. The molecular weight excluding hydrogens is 396 g/mol. The van der Waals surface area contributed by atoms with Crippen molar-refractivity contribution in [2.45, 2.75) is 25.7 Å². The van der Waals surface area contributed by atoms with Crippen molar-refractivity contribution in [3.63, 3.8) is 0 Å². The molecule has 1 saturated heterocycles. The van der Waals surface area contributed by atoms with Crippen LogP contribution in [0.15, 0.2) is 28.5 Å². The van der Waals surface area contributed by atoms with E-state index >= 15 is 0 Å². The Kier molecular flexibility index (Phi) is 6.76. The summed E-state index contributed by atoms with van der Waals surface area (Å²) < 4.78 is 4.76. The van der Waals surface area contributed by atoms with Crippen LogP contribution in [0, 0.1) is 5.92 Å². The number of hydrogen-bond acceptors (Lipinski definition) is 7. The maximum absolute atomic E-state index is 12.4. The van der Waals surface area contributed by atoms with E-state index in [1.54, 1.807) is 16.3 Å². The van der Waals surface area contributed by atoms with Crippen molar-refractivity contribution in [2.75, 3.05) is 25.5 Å². The predicted octanol–water partition coefficient (Wildman–Crippen LogP) is 1.43. The Balaban J connectivity index is 1.48. The number of carbonyl (C=O) groups is 3. The molecule has 2 aromatic rings. The summed E-state index contributed by atoms with van der Waals surface area (Å²) in [5.41, 5.74) is 0.239. The first-order valence-corrected chi connectivity index (χ1v) is 10.1. The smallest absolute Gasteiger partial charge is 0.308 e. The summed E-state index contributed by atoms with van der Waals surface area (Å²) in [6, 6.07) is 3.01. The SMILES string of the molecule is COC(=O)C1CCN(C(=O)CCc2csc(NC(=O)c3ccc[nH]c3=O)n2)CC1. The van der Waals surface area contributed by atoms with Crippen LogP contribution < -0.4 is 10.9 Å². The molecule has 3 heterocycles. The fourth-order valence-electron chi connectivity index (χ4n) is 3.17. The van der Waals surface area contributed by atoms with E-state index in [2.05, 4.69) is 15.3 Å². The lowest BCUT2D eigenvalue weighted by molar-refractivity contribution is -0.148. The van der Waals surface area contributed by atoms with E-state index < -0.39 is 11.5 Å². The van der Waals surface area contributed by atoms with E-state index in [9.17, 15) is 19.2 Å². The molecule has 2 aromatic heterocycles. The number of anilines is 1. The number of nitrogens with one attached hydrogen (secondary N) is 2. The molecule has 0 radical (unpaired) electrons. The van der Waals surface area contributed by atoms with Gasteiger partial charge in [-0.15, -0.1) is 11.3 Å². The molecule has 10 heteroatoms. The molecule has 0 unspecified atom stereocenters. The second-order valence-electron chi connectivity index (χ2n) is 6.69. The zero-order valence-electron chi connectivity index (χ0n) is 16.0. The van der Waals surface area contributed by atoms with Gasteiger partial charge in [-0.25, -0.2) is 4.98 Å². The van der Waals surface area contributed by atoms with Gasteiger partial charge in [0, 0.05) is 31.1 Å². The molecule has 2 amide bonds. The molecule has 29 heavy (non-hydrogen) atoms. The fourth-order valence-corrected chi connectivity index (χ4v) is 3.91. The Hall–Kier alpha value is -3.01. The zero-order valence-corrected chi connectivity index (χ0v) is 16.8. The topological polar surface area (TPSA) is 121 Å². The number of hydrogen-bond donors (Lipinski definition) is 2. The van der Waals surface area contributed by atoms with Crippen LogP contribution >= 0.6 is 11.3 Å². The van der Waals surface area contributed by atoms with E-state index in [1.165, 1.54) is 30.7 Å². The number of thiazole rings is 1. The number of aromatic amines is 1. The average Bonchev–Trinajstić information content (AvgIpc) is 3.19. The van der Waals surface area contributed by atoms with Gasteiger partial charge < -0.3 is 14.6 Å². The van der Waals surface area contributed by atoms with Crippen molar-refractivity contribution in [1.82, 2.24) is 14.9 Å². The number of carbonyl (C=O) groups excluding carboxylic acids is 3. The van der Waals surface area contributed by atoms with Gasteiger partial charge in [-0.3, -0.25) is 24.5 Å². The number of aryl methyl sites for hydroxylation is 1. The summed E-state index contributed by atoms with van der Waals surface area (Å²) in [4.78, 5) is 56.3. The second-order valence-corrected chi connectivity index (χ2v) is 7.55. The van der Waals surface area contributed by atoms with Gasteiger partial charge in [-0.2, -0.15) is 0 Å². The Labute approximate surface area is 171 Å². The van der Waals surface area contributed by atoms with Crippen molar-refractivity contribution in [2.24, 2.45) is 5.92 Å². The van der Waals surface area contributed by atoms with Crippen molar-refractivity contribution >= 4 is 34.3 Å². The summed E-state index contributed by atoms with van der Waals surface area (Å²) in [5.74, 6) is -0.864. The van der Waals surface area contributed by atoms with E-state index in [0.717, 1.165) is 0 Å². The van der Waals surface area contributed by atoms with E-state index in [0.29, 0.717) is 49.6 Å². The number of likely N-dealkylation sites (tertiary alicyclic amines) is 1. The van der Waals surface area contributed by atoms with Crippen molar-refractivity contribution in [1.29, 1.82) is 0 Å². The van der Waals surface area contributed by atoms with Gasteiger partial charge in [-0.1, -0.05) is 0 Å². The van der Waals surface area contributed by atoms with Crippen LogP contribution in [0.5, 0.6) is 0 Å². The molecule has 0 bridgehead atoms. The molecule has 0 atom stereocenters. The predicted molar refractivity (Wildman–Crippen MR) is 107 cm³/mol. The zero-order chi connectivity index (χ0) is 20.8. The summed E-state index contributed by atoms with van der Waals surface area (Å²) in [6.07, 6.45) is 3.44. The number of esters is 1. The van der Waals surface area contributed by atoms with Crippen LogP contribution in [0.25, 0.3) is 0 Å². The van der Waals surface area contributed by atoms with Gasteiger partial charge in [-0.05, 0) is 31.4 Å². The molecule has 0 spiro atoms. The lowest BCUT2D eigenvalue weighted by Gasteiger charge is -2.30. The van der Waals surface area contributed by atoms with E-state index in [1.807, 2.05) is 0 Å². The van der Waals surface area contributed by atoms with Crippen LogP contribution in [0.4, 0.5) is 5.13 Å². The monoisotopic (exact) mass is 418 g/mol. The Morgan fingerprint density at radius 2 is 2.10 bits per heavy atom. The third-order valence-corrected chi connectivity index (χ3v) is 5.62. The van der Waals surface area contributed by atoms with Crippen LogP contribution in [0.2, 0.25) is 0 Å². The largest absolute Gasteiger partial charge is 0.469 e. The maximum atomic E-state index is 12.4. The molecule has 1 aliphatic rings. The number of aromatic nitrogens is 2. The third-order valence-electron chi connectivity index (χ3n) is 4.81. The van der Waals surface area contributed by atoms with Crippen LogP contribution in [-0.4, -0.2) is 52.9 Å². The van der Waals surface area contributed by atoms with Gasteiger partial charge in [0.1, 0.15) is 5.56 Å². The van der Waals surface area contributed by atoms with Crippen molar-refractivity contribution in [3.8, 4) is 0 Å². The summed E-state index contributed by atoms with van der Waals surface area (Å²) in [6.45, 7) is 1.09. The molecule has 9 nitrogen and oxygen atoms in total. The summed E-state index contributed by atoms with van der Waals surface area (Å²) >= 11 is 1.24. The first kappa shape index (κ1) is 20.7. The molecule has 0 saturated carbocycles. The molecular formula is C19H22N4O5S. The van der Waals surface area contributed by atoms with E-state index in [4.69, 9.17) is 4.74 Å². The molecule has 1 fully saturated rings. The second kappa shape index (κ2) is 9.46. The normalized spacial score (nSPS) is 14.4. The highest BCUT2D eigenvalue weighted by Crippen LogP contribution is 2.21. The summed E-state index contributed by atoms with van der Waals surface area (Å²) in [5, 5.41) is 4.75. The van der Waals surface area contributed by atoms with Crippen molar-refractivity contribution in [3.05, 3.63) is 45.3 Å². The highest BCUT2D eigenvalue weighted by molar-refractivity contribution is 7.14. The highest BCUT2D eigenvalue weighted by atomic mass is 32.1. The summed E-state index contributed by atoms with van der Waals surface area (Å²) in [7, 11) is 1.38. The van der Waals surface area contributed by atoms with Crippen LogP contribution in [0.1, 0.15) is 35.3 Å². The number of pyridine rings is 1. The van der Waals surface area contributed by atoms with Gasteiger partial charge >= 0.3 is 5.97 Å². The Morgan fingerprint density at radius 1 is 1.34 bits per heavy atom. The van der Waals surface area contributed by atoms with E-state index in [-0.39, 0.29) is 23.4 Å². The first-order chi connectivity index (χ1) is 14.0. The maximum Gasteiger partial charge on any atom is 0.308 e. The minimum Gasteiger partial charge on any atom is -0.469 e. The van der Waals surface area contributed by atoms with Gasteiger partial charge in [0.15, 0.2) is 5.13 Å². The molecule has 0 aromatic carbocycles. The average molecular weight is 418 g/mol. The number of nitrogens with zero attached hydrogens (tertiary/aromatic N) is 2.